The van der Waals surface area contributed by atoms with E-state index in [0.29, 0.717) is 6.42 Å². The van der Waals surface area contributed by atoms with Gasteiger partial charge in [0.2, 0.25) is 0 Å². The third-order valence-corrected chi connectivity index (χ3v) is 3.94. The molecule has 0 saturated carbocycles. The molecule has 20 heavy (non-hydrogen) atoms. The van der Waals surface area contributed by atoms with Gasteiger partial charge < -0.3 is 30.3 Å². The third-order valence-electron chi connectivity index (χ3n) is 3.94. The van der Waals surface area contributed by atoms with Gasteiger partial charge >= 0.3 is 0 Å². The maximum atomic E-state index is 10.3. The first-order valence-electron chi connectivity index (χ1n) is 7.51. The summed E-state index contributed by atoms with van der Waals surface area (Å²) in [4.78, 5) is 0. The van der Waals surface area contributed by atoms with Crippen LogP contribution in [0.25, 0.3) is 0 Å². The predicted octanol–water partition coefficient (Wildman–Crippen LogP) is -0.101. The highest BCUT2D eigenvalue weighted by Crippen LogP contribution is 2.32. The number of aliphatic hydroxyl groups is 5. The third kappa shape index (κ3) is 4.38. The highest BCUT2D eigenvalue weighted by molar-refractivity contribution is 4.95. The van der Waals surface area contributed by atoms with Crippen LogP contribution in [0.2, 0.25) is 0 Å². The normalized spacial score (nSPS) is 38.1. The van der Waals surface area contributed by atoms with Crippen molar-refractivity contribution in [3.05, 3.63) is 0 Å². The van der Waals surface area contributed by atoms with Gasteiger partial charge in [-0.3, -0.25) is 0 Å². The number of hydrogen-bond acceptors (Lipinski definition) is 6. The highest BCUT2D eigenvalue weighted by Gasteiger charge is 2.51. The minimum absolute atomic E-state index is 0.167. The Kier molecular flexibility index (Phi) is 7.36. The van der Waals surface area contributed by atoms with Crippen LogP contribution in [0.5, 0.6) is 0 Å². The van der Waals surface area contributed by atoms with Crippen molar-refractivity contribution < 1.29 is 30.3 Å². The van der Waals surface area contributed by atoms with E-state index in [1.165, 1.54) is 6.42 Å². The lowest BCUT2D eigenvalue weighted by molar-refractivity contribution is -0.351. The van der Waals surface area contributed by atoms with Gasteiger partial charge in [0.25, 0.3) is 0 Å². The summed E-state index contributed by atoms with van der Waals surface area (Å²) in [6.45, 7) is 1.61. The van der Waals surface area contributed by atoms with Gasteiger partial charge in [-0.1, -0.05) is 39.0 Å². The maximum Gasteiger partial charge on any atom is 0.195 e. The quantitative estimate of drug-likeness (QED) is 0.400. The molecule has 6 heteroatoms. The minimum atomic E-state index is -1.91. The molecule has 0 amide bonds. The molecule has 0 radical (unpaired) electrons. The van der Waals surface area contributed by atoms with Gasteiger partial charge in [0.05, 0.1) is 6.61 Å². The smallest absolute Gasteiger partial charge is 0.195 e. The van der Waals surface area contributed by atoms with Crippen molar-refractivity contribution in [2.24, 2.45) is 0 Å². The summed E-state index contributed by atoms with van der Waals surface area (Å²) in [6.07, 6.45) is 0.669. The Morgan fingerprint density at radius 1 is 0.950 bits per heavy atom. The molecule has 1 saturated heterocycles. The standard InChI is InChI=1S/C14H28O6/c1-2-3-4-5-6-7-8-14(19)13(18)12(17)11(16)10(9-15)20-14/h10-13,15-19H,2-9H2,1H3/t10-,11-,12+,13-,14+/m1/s1. The summed E-state index contributed by atoms with van der Waals surface area (Å²) >= 11 is 0. The molecular weight excluding hydrogens is 264 g/mol. The molecule has 5 atom stereocenters. The summed E-state index contributed by atoms with van der Waals surface area (Å²) in [5.74, 6) is -1.91. The van der Waals surface area contributed by atoms with Crippen LogP contribution in [0.15, 0.2) is 0 Å². The van der Waals surface area contributed by atoms with E-state index in [0.717, 1.165) is 25.7 Å². The van der Waals surface area contributed by atoms with Crippen LogP contribution in [-0.2, 0) is 4.74 Å². The summed E-state index contributed by atoms with van der Waals surface area (Å²) < 4.78 is 5.19. The average molecular weight is 292 g/mol. The highest BCUT2D eigenvalue weighted by atomic mass is 16.7. The lowest BCUT2D eigenvalue weighted by atomic mass is 9.89. The van der Waals surface area contributed by atoms with Crippen LogP contribution in [-0.4, -0.2) is 62.3 Å². The monoisotopic (exact) mass is 292 g/mol. The molecule has 1 aliphatic heterocycles. The fraction of sp³-hybridized carbons (Fsp3) is 1.00. The van der Waals surface area contributed by atoms with Crippen molar-refractivity contribution in [3.63, 3.8) is 0 Å². The van der Waals surface area contributed by atoms with Gasteiger partial charge in [-0.05, 0) is 6.42 Å². The molecule has 0 aliphatic carbocycles. The molecule has 0 spiro atoms. The lowest BCUT2D eigenvalue weighted by Crippen LogP contribution is -2.65. The molecule has 0 aromatic carbocycles. The fourth-order valence-electron chi connectivity index (χ4n) is 2.59. The zero-order valence-corrected chi connectivity index (χ0v) is 12.1. The predicted molar refractivity (Wildman–Crippen MR) is 72.9 cm³/mol. The van der Waals surface area contributed by atoms with E-state index in [-0.39, 0.29) is 6.42 Å². The first-order valence-corrected chi connectivity index (χ1v) is 7.51. The largest absolute Gasteiger partial charge is 0.394 e. The summed E-state index contributed by atoms with van der Waals surface area (Å²) in [5.41, 5.74) is 0. The number of hydrogen-bond donors (Lipinski definition) is 5. The fourth-order valence-corrected chi connectivity index (χ4v) is 2.59. The van der Waals surface area contributed by atoms with Crippen molar-refractivity contribution in [3.8, 4) is 0 Å². The first kappa shape index (κ1) is 17.8. The number of unbranched alkanes of at least 4 members (excludes halogenated alkanes) is 5. The first-order chi connectivity index (χ1) is 9.46. The topological polar surface area (TPSA) is 110 Å². The van der Waals surface area contributed by atoms with Gasteiger partial charge in [0, 0.05) is 6.42 Å². The molecule has 0 aromatic heterocycles. The number of ether oxygens (including phenoxy) is 1. The Hall–Kier alpha value is -0.240. The molecule has 1 heterocycles. The molecule has 1 rings (SSSR count). The Balaban J connectivity index is 2.44. The maximum absolute atomic E-state index is 10.3. The van der Waals surface area contributed by atoms with E-state index in [1.54, 1.807) is 0 Å². The Morgan fingerprint density at radius 3 is 2.15 bits per heavy atom. The van der Waals surface area contributed by atoms with E-state index < -0.39 is 36.8 Å². The number of aliphatic hydroxyl groups excluding tert-OH is 4. The molecule has 0 unspecified atom stereocenters. The molecule has 6 nitrogen and oxygen atoms in total. The van der Waals surface area contributed by atoms with E-state index >= 15 is 0 Å². The summed E-state index contributed by atoms with van der Waals surface area (Å²) in [7, 11) is 0. The van der Waals surface area contributed by atoms with Gasteiger partial charge in [-0.25, -0.2) is 0 Å². The van der Waals surface area contributed by atoms with E-state index in [9.17, 15) is 20.4 Å². The molecule has 0 bridgehead atoms. The summed E-state index contributed by atoms with van der Waals surface area (Å²) in [6, 6.07) is 0. The molecule has 1 aliphatic rings. The zero-order valence-electron chi connectivity index (χ0n) is 12.1. The lowest BCUT2D eigenvalue weighted by Gasteiger charge is -2.45. The minimum Gasteiger partial charge on any atom is -0.394 e. The number of rotatable bonds is 8. The van der Waals surface area contributed by atoms with Gasteiger partial charge in [0.1, 0.15) is 24.4 Å². The van der Waals surface area contributed by atoms with Crippen molar-refractivity contribution in [1.82, 2.24) is 0 Å². The SMILES string of the molecule is CCCCCCCC[C@]1(O)O[C@H](CO)[C@@H](O)[C@H](O)[C@H]1O. The Morgan fingerprint density at radius 2 is 1.55 bits per heavy atom. The van der Waals surface area contributed by atoms with Gasteiger partial charge in [-0.2, -0.15) is 0 Å². The molecule has 5 N–H and O–H groups in total. The average Bonchev–Trinajstić information content (AvgIpc) is 2.45. The molecule has 0 aromatic rings. The second kappa shape index (κ2) is 8.26. The molecular formula is C14H28O6. The molecule has 1 fully saturated rings. The van der Waals surface area contributed by atoms with Crippen molar-refractivity contribution in [1.29, 1.82) is 0 Å². The zero-order chi connectivity index (χ0) is 15.2. The van der Waals surface area contributed by atoms with Crippen LogP contribution in [0, 0.1) is 0 Å². The van der Waals surface area contributed by atoms with E-state index in [4.69, 9.17) is 9.84 Å². The van der Waals surface area contributed by atoms with Gasteiger partial charge in [-0.15, -0.1) is 0 Å². The van der Waals surface area contributed by atoms with E-state index in [2.05, 4.69) is 6.92 Å². The summed E-state index contributed by atoms with van der Waals surface area (Å²) in [5, 5.41) is 48.5. The van der Waals surface area contributed by atoms with E-state index in [1.807, 2.05) is 0 Å². The van der Waals surface area contributed by atoms with Crippen LogP contribution >= 0.6 is 0 Å². The van der Waals surface area contributed by atoms with Gasteiger partial charge in [0.15, 0.2) is 5.79 Å². The van der Waals surface area contributed by atoms with Crippen LogP contribution in [0.1, 0.15) is 51.9 Å². The Labute approximate surface area is 120 Å². The van der Waals surface area contributed by atoms with Crippen LogP contribution in [0.4, 0.5) is 0 Å². The van der Waals surface area contributed by atoms with Crippen LogP contribution < -0.4 is 0 Å². The van der Waals surface area contributed by atoms with Crippen molar-refractivity contribution in [2.45, 2.75) is 82.1 Å². The second-order valence-corrected chi connectivity index (χ2v) is 5.63. The Bertz CT molecular complexity index is 272. The molecule has 120 valence electrons. The second-order valence-electron chi connectivity index (χ2n) is 5.63. The van der Waals surface area contributed by atoms with Crippen molar-refractivity contribution in [2.75, 3.05) is 6.61 Å². The van der Waals surface area contributed by atoms with Crippen molar-refractivity contribution >= 4 is 0 Å². The van der Waals surface area contributed by atoms with Crippen LogP contribution in [0.3, 0.4) is 0 Å².